The van der Waals surface area contributed by atoms with Crippen LogP contribution in [-0.4, -0.2) is 45.2 Å². The maximum Gasteiger partial charge on any atom is 0.316 e. The molecule has 142 valence electrons. The maximum atomic E-state index is 12.1. The number of amides is 1. The van der Waals surface area contributed by atoms with Crippen molar-refractivity contribution in [1.29, 1.82) is 0 Å². The molecule has 0 atom stereocenters. The molecule has 2 heterocycles. The predicted molar refractivity (Wildman–Crippen MR) is 111 cm³/mol. The second-order valence-corrected chi connectivity index (χ2v) is 9.79. The minimum atomic E-state index is -0.309. The first kappa shape index (κ1) is 20.3. The summed E-state index contributed by atoms with van der Waals surface area (Å²) in [4.78, 5) is 27.9. The Morgan fingerprint density at radius 1 is 1.19 bits per heavy atom. The molecule has 3 aromatic rings. The molecule has 0 aliphatic heterocycles. The lowest BCUT2D eigenvalue weighted by Gasteiger charge is -1.99. The van der Waals surface area contributed by atoms with Crippen molar-refractivity contribution in [3.05, 3.63) is 23.2 Å². The number of benzene rings is 1. The number of hydrogen-bond donors (Lipinski definition) is 1. The molecule has 0 unspecified atom stereocenters. The molecule has 1 amide bonds. The molecule has 0 aliphatic rings. The molecule has 0 saturated carbocycles. The van der Waals surface area contributed by atoms with Gasteiger partial charge >= 0.3 is 5.97 Å². The van der Waals surface area contributed by atoms with E-state index >= 15 is 0 Å². The van der Waals surface area contributed by atoms with Gasteiger partial charge in [0.2, 0.25) is 11.0 Å². The number of aromatic nitrogens is 3. The topological polar surface area (TPSA) is 94.1 Å². The van der Waals surface area contributed by atoms with Crippen molar-refractivity contribution < 1.29 is 14.3 Å². The Balaban J connectivity index is 1.48. The van der Waals surface area contributed by atoms with Crippen LogP contribution in [0.4, 0.5) is 5.13 Å². The van der Waals surface area contributed by atoms with Crippen LogP contribution in [0.2, 0.25) is 5.02 Å². The number of ether oxygens (including phenoxy) is 1. The molecular formula is C15H13ClN4O3S4. The summed E-state index contributed by atoms with van der Waals surface area (Å²) >= 11 is 11.3. The van der Waals surface area contributed by atoms with Crippen molar-refractivity contribution in [2.75, 3.05) is 23.4 Å². The number of anilines is 1. The number of halogens is 1. The first-order chi connectivity index (χ1) is 13.0. The van der Waals surface area contributed by atoms with Gasteiger partial charge in [-0.3, -0.25) is 14.9 Å². The van der Waals surface area contributed by atoms with E-state index in [1.54, 1.807) is 13.0 Å². The zero-order valence-corrected chi connectivity index (χ0v) is 18.0. The Hall–Kier alpha value is -1.40. The van der Waals surface area contributed by atoms with Crippen molar-refractivity contribution >= 4 is 85.0 Å². The largest absolute Gasteiger partial charge is 0.465 e. The van der Waals surface area contributed by atoms with Crippen LogP contribution in [0.1, 0.15) is 6.92 Å². The number of thioether (sulfide) groups is 2. The summed E-state index contributed by atoms with van der Waals surface area (Å²) in [5.74, 6) is -0.140. The second-order valence-electron chi connectivity index (χ2n) is 4.90. The van der Waals surface area contributed by atoms with E-state index in [1.807, 2.05) is 12.1 Å². The van der Waals surface area contributed by atoms with Crippen molar-refractivity contribution in [3.8, 4) is 0 Å². The zero-order valence-electron chi connectivity index (χ0n) is 13.9. The summed E-state index contributed by atoms with van der Waals surface area (Å²) < 4.78 is 7.26. The number of nitrogens with zero attached hydrogens (tertiary/aromatic N) is 3. The van der Waals surface area contributed by atoms with E-state index in [0.29, 0.717) is 21.1 Å². The molecule has 12 heteroatoms. The number of carbonyl (C=O) groups excluding carboxylic acids is 2. The van der Waals surface area contributed by atoms with Crippen LogP contribution in [0.25, 0.3) is 10.2 Å². The van der Waals surface area contributed by atoms with Gasteiger partial charge in [-0.15, -0.1) is 21.5 Å². The molecule has 27 heavy (non-hydrogen) atoms. The first-order valence-electron chi connectivity index (χ1n) is 7.64. The summed E-state index contributed by atoms with van der Waals surface area (Å²) in [6.45, 7) is 2.10. The summed E-state index contributed by atoms with van der Waals surface area (Å²) in [7, 11) is 0. The van der Waals surface area contributed by atoms with E-state index < -0.39 is 0 Å². The lowest BCUT2D eigenvalue weighted by molar-refractivity contribution is -0.139. The van der Waals surface area contributed by atoms with Gasteiger partial charge in [0.25, 0.3) is 0 Å². The molecule has 7 nitrogen and oxygen atoms in total. The highest BCUT2D eigenvalue weighted by molar-refractivity contribution is 8.02. The third-order valence-corrected chi connectivity index (χ3v) is 7.29. The Labute approximate surface area is 176 Å². The van der Waals surface area contributed by atoms with Gasteiger partial charge in [0, 0.05) is 5.02 Å². The number of fused-ring (bicyclic) bond motifs is 1. The van der Waals surface area contributed by atoms with Crippen LogP contribution < -0.4 is 5.32 Å². The van der Waals surface area contributed by atoms with Gasteiger partial charge < -0.3 is 4.74 Å². The number of hydrogen-bond acceptors (Lipinski definition) is 10. The van der Waals surface area contributed by atoms with E-state index in [0.717, 1.165) is 14.6 Å². The van der Waals surface area contributed by atoms with Crippen molar-refractivity contribution in [3.63, 3.8) is 0 Å². The maximum absolute atomic E-state index is 12.1. The molecule has 1 N–H and O–H groups in total. The summed E-state index contributed by atoms with van der Waals surface area (Å²) in [5, 5.41) is 11.6. The summed E-state index contributed by atoms with van der Waals surface area (Å²) in [5.41, 5.74) is 0.822. The highest BCUT2D eigenvalue weighted by Gasteiger charge is 2.12. The Bertz CT molecular complexity index is 962. The lowest BCUT2D eigenvalue weighted by atomic mass is 10.3. The van der Waals surface area contributed by atoms with Gasteiger partial charge in [0.05, 0.1) is 28.3 Å². The van der Waals surface area contributed by atoms with E-state index in [1.165, 1.54) is 46.2 Å². The Morgan fingerprint density at radius 3 is 2.81 bits per heavy atom. The smallest absolute Gasteiger partial charge is 0.316 e. The van der Waals surface area contributed by atoms with Gasteiger partial charge in [-0.05, 0) is 25.1 Å². The number of rotatable bonds is 8. The van der Waals surface area contributed by atoms with Crippen molar-refractivity contribution in [2.24, 2.45) is 0 Å². The molecule has 0 spiro atoms. The normalized spacial score (nSPS) is 10.9. The Kier molecular flexibility index (Phi) is 7.30. The molecule has 0 fully saturated rings. The highest BCUT2D eigenvalue weighted by atomic mass is 35.5. The molecular weight excluding hydrogens is 448 g/mol. The van der Waals surface area contributed by atoms with Crippen molar-refractivity contribution in [2.45, 2.75) is 15.6 Å². The fraction of sp³-hybridized carbons (Fsp3) is 0.267. The molecule has 1 aromatic carbocycles. The molecule has 3 rings (SSSR count). The van der Waals surface area contributed by atoms with Crippen LogP contribution in [-0.2, 0) is 14.3 Å². The SMILES string of the molecule is CCOC(=O)CSc1nnc(NC(=O)CSc2nc3cc(Cl)ccc3s2)s1. The lowest BCUT2D eigenvalue weighted by Crippen LogP contribution is -2.13. The number of carbonyl (C=O) groups is 2. The van der Waals surface area contributed by atoms with E-state index in [4.69, 9.17) is 16.3 Å². The molecule has 0 radical (unpaired) electrons. The van der Waals surface area contributed by atoms with Gasteiger partial charge in [0.15, 0.2) is 8.68 Å². The van der Waals surface area contributed by atoms with E-state index in [2.05, 4.69) is 20.5 Å². The quantitative estimate of drug-likeness (QED) is 0.304. The third-order valence-electron chi connectivity index (χ3n) is 2.93. The van der Waals surface area contributed by atoms with Gasteiger partial charge in [-0.2, -0.15) is 0 Å². The van der Waals surface area contributed by atoms with E-state index in [9.17, 15) is 9.59 Å². The molecule has 2 aromatic heterocycles. The fourth-order valence-corrected chi connectivity index (χ4v) is 5.45. The van der Waals surface area contributed by atoms with Gasteiger partial charge in [-0.25, -0.2) is 4.98 Å². The summed E-state index contributed by atoms with van der Waals surface area (Å²) in [6.07, 6.45) is 0. The van der Waals surface area contributed by atoms with Crippen LogP contribution in [0.5, 0.6) is 0 Å². The minimum Gasteiger partial charge on any atom is -0.465 e. The average molecular weight is 461 g/mol. The highest BCUT2D eigenvalue weighted by Crippen LogP contribution is 2.31. The first-order valence-corrected chi connectivity index (χ1v) is 11.6. The fourth-order valence-electron chi connectivity index (χ4n) is 1.87. The predicted octanol–water partition coefficient (Wildman–Crippen LogP) is 4.19. The third kappa shape index (κ3) is 6.04. The van der Waals surface area contributed by atoms with Crippen molar-refractivity contribution in [1.82, 2.24) is 15.2 Å². The molecule has 0 saturated heterocycles. The van der Waals surface area contributed by atoms with Crippen LogP contribution in [0.3, 0.4) is 0 Å². The van der Waals surface area contributed by atoms with Crippen LogP contribution in [0, 0.1) is 0 Å². The average Bonchev–Trinajstić information content (AvgIpc) is 3.24. The zero-order chi connectivity index (χ0) is 19.2. The second kappa shape index (κ2) is 9.69. The standard InChI is InChI=1S/C15H13ClN4O3S4/c1-2-23-12(22)7-25-15-20-19-13(27-15)18-11(21)6-24-14-17-9-5-8(16)3-4-10(9)26-14/h3-5H,2,6-7H2,1H3,(H,18,19,21). The van der Waals surface area contributed by atoms with Gasteiger partial charge in [-0.1, -0.05) is 46.5 Å². The summed E-state index contributed by atoms with van der Waals surface area (Å²) in [6, 6.07) is 5.53. The number of nitrogens with one attached hydrogen (secondary N) is 1. The van der Waals surface area contributed by atoms with Crippen LogP contribution in [0.15, 0.2) is 26.9 Å². The number of thiazole rings is 1. The molecule has 0 aliphatic carbocycles. The van der Waals surface area contributed by atoms with Gasteiger partial charge in [0.1, 0.15) is 0 Å². The molecule has 0 bridgehead atoms. The van der Waals surface area contributed by atoms with E-state index in [-0.39, 0.29) is 23.4 Å². The monoisotopic (exact) mass is 460 g/mol. The Morgan fingerprint density at radius 2 is 2.00 bits per heavy atom. The number of esters is 1. The van der Waals surface area contributed by atoms with Crippen LogP contribution >= 0.6 is 57.8 Å². The minimum absolute atomic E-state index is 0.161.